The van der Waals surface area contributed by atoms with Crippen LogP contribution in [0.4, 0.5) is 13.2 Å². The Morgan fingerprint density at radius 1 is 1.14 bits per heavy atom. The van der Waals surface area contributed by atoms with Gasteiger partial charge in [-0.1, -0.05) is 0 Å². The fraction of sp³-hybridized carbons (Fsp3) is 0.409. The van der Waals surface area contributed by atoms with Crippen LogP contribution < -0.4 is 10.2 Å². The molecule has 0 aliphatic carbocycles. The van der Waals surface area contributed by atoms with Crippen LogP contribution in [0.25, 0.3) is 0 Å². The number of nitrogens with one attached hydrogen (secondary N) is 1. The number of likely N-dealkylation sites (N-methyl/N-ethyl adjacent to an activating group) is 1. The van der Waals surface area contributed by atoms with Crippen molar-refractivity contribution >= 4 is 15.9 Å². The normalized spacial score (nSPS) is 15.7. The van der Waals surface area contributed by atoms with Crippen molar-refractivity contribution in [3.05, 3.63) is 53.8 Å². The highest BCUT2D eigenvalue weighted by atomic mass is 32.2. The maximum atomic E-state index is 14.7. The molecule has 1 aliphatic heterocycles. The zero-order valence-corrected chi connectivity index (χ0v) is 20.6. The standard InChI is InChI=1S/C22H27F3N4O7S/c1-27(22(31)28-8-10-35-11-9-28)6-7-29(14-20(30)26-32)37(33,34)17-12-18(24)21(19(25)13-17)36-16-4-2-15(23)3-5-16/h2-5,12-13,22,31-32H,6-11,14H2,1H3,(H,26,30). The molecule has 0 aromatic heterocycles. The third kappa shape index (κ3) is 7.38. The Balaban J connectivity index is 1.80. The molecule has 3 rings (SSSR count). The van der Waals surface area contributed by atoms with Crippen molar-refractivity contribution in [1.29, 1.82) is 0 Å². The van der Waals surface area contributed by atoms with Gasteiger partial charge in [-0.15, -0.1) is 0 Å². The fourth-order valence-electron chi connectivity index (χ4n) is 3.50. The van der Waals surface area contributed by atoms with Crippen LogP contribution >= 0.6 is 0 Å². The van der Waals surface area contributed by atoms with Crippen molar-refractivity contribution < 1.29 is 46.2 Å². The third-order valence-corrected chi connectivity index (χ3v) is 7.38. The van der Waals surface area contributed by atoms with Crippen LogP contribution in [0.2, 0.25) is 0 Å². The average Bonchev–Trinajstić information content (AvgIpc) is 2.89. The zero-order chi connectivity index (χ0) is 27.2. The number of hydroxylamine groups is 1. The van der Waals surface area contributed by atoms with E-state index in [-0.39, 0.29) is 18.8 Å². The number of sulfonamides is 1. The molecule has 1 heterocycles. The van der Waals surface area contributed by atoms with Gasteiger partial charge < -0.3 is 14.6 Å². The van der Waals surface area contributed by atoms with Gasteiger partial charge in [0.1, 0.15) is 11.6 Å². The molecule has 1 amide bonds. The molecule has 1 saturated heterocycles. The second-order valence-corrected chi connectivity index (χ2v) is 10.1. The summed E-state index contributed by atoms with van der Waals surface area (Å²) in [5, 5.41) is 19.4. The molecule has 1 unspecified atom stereocenters. The van der Waals surface area contributed by atoms with Crippen molar-refractivity contribution in [2.45, 2.75) is 11.2 Å². The van der Waals surface area contributed by atoms with E-state index in [1.165, 1.54) is 17.4 Å². The van der Waals surface area contributed by atoms with Gasteiger partial charge in [0.15, 0.2) is 23.7 Å². The number of rotatable bonds is 11. The van der Waals surface area contributed by atoms with E-state index in [4.69, 9.17) is 14.7 Å². The molecule has 1 atom stereocenters. The number of morpholine rings is 1. The molecule has 0 bridgehead atoms. The van der Waals surface area contributed by atoms with Crippen molar-refractivity contribution in [3.63, 3.8) is 0 Å². The molecule has 37 heavy (non-hydrogen) atoms. The van der Waals surface area contributed by atoms with Crippen LogP contribution in [0.15, 0.2) is 41.3 Å². The molecule has 204 valence electrons. The zero-order valence-electron chi connectivity index (χ0n) is 19.8. The highest BCUT2D eigenvalue weighted by Gasteiger charge is 2.31. The second-order valence-electron chi connectivity index (χ2n) is 8.12. The van der Waals surface area contributed by atoms with Crippen LogP contribution in [-0.2, 0) is 19.6 Å². The van der Waals surface area contributed by atoms with Crippen molar-refractivity contribution in [3.8, 4) is 11.5 Å². The number of hydrogen-bond acceptors (Lipinski definition) is 9. The van der Waals surface area contributed by atoms with Gasteiger partial charge in [-0.05, 0) is 43.4 Å². The first-order valence-electron chi connectivity index (χ1n) is 11.1. The van der Waals surface area contributed by atoms with E-state index in [1.807, 2.05) is 0 Å². The van der Waals surface area contributed by atoms with E-state index < -0.39 is 56.9 Å². The second kappa shape index (κ2) is 12.6. The number of carbonyl (C=O) groups excluding carboxylic acids is 1. The number of hydrogen-bond donors (Lipinski definition) is 3. The van der Waals surface area contributed by atoms with E-state index in [9.17, 15) is 31.5 Å². The Morgan fingerprint density at radius 3 is 2.30 bits per heavy atom. The van der Waals surface area contributed by atoms with Crippen molar-refractivity contribution in [1.82, 2.24) is 19.6 Å². The smallest absolute Gasteiger partial charge is 0.258 e. The topological polar surface area (TPSA) is 132 Å². The molecule has 2 aromatic carbocycles. The van der Waals surface area contributed by atoms with Gasteiger partial charge in [0.25, 0.3) is 5.91 Å². The van der Waals surface area contributed by atoms with Gasteiger partial charge in [-0.2, -0.15) is 4.31 Å². The quantitative estimate of drug-likeness (QED) is 0.213. The lowest BCUT2D eigenvalue weighted by Gasteiger charge is -2.36. The van der Waals surface area contributed by atoms with Crippen molar-refractivity contribution in [2.75, 3.05) is 53.0 Å². The minimum Gasteiger partial charge on any atom is -0.451 e. The molecule has 11 nitrogen and oxygen atoms in total. The molecule has 0 spiro atoms. The van der Waals surface area contributed by atoms with Gasteiger partial charge in [0, 0.05) is 26.2 Å². The summed E-state index contributed by atoms with van der Waals surface area (Å²) in [5.74, 6) is -5.37. The number of nitrogens with zero attached hydrogens (tertiary/aromatic N) is 3. The molecular formula is C22H27F3N4O7S. The Hall–Kier alpha value is -2.79. The number of aliphatic hydroxyl groups is 1. The van der Waals surface area contributed by atoms with Crippen LogP contribution in [0.5, 0.6) is 11.5 Å². The largest absolute Gasteiger partial charge is 0.451 e. The predicted molar refractivity (Wildman–Crippen MR) is 123 cm³/mol. The molecule has 1 aliphatic rings. The average molecular weight is 549 g/mol. The molecule has 1 fully saturated rings. The predicted octanol–water partition coefficient (Wildman–Crippen LogP) is 0.932. The van der Waals surface area contributed by atoms with Crippen LogP contribution in [-0.4, -0.2) is 98.1 Å². The number of ether oxygens (including phenoxy) is 2. The number of amides is 1. The lowest BCUT2D eigenvalue weighted by Crippen LogP contribution is -2.53. The number of benzene rings is 2. The summed E-state index contributed by atoms with van der Waals surface area (Å²) >= 11 is 0. The number of halogens is 3. The molecule has 15 heteroatoms. The molecule has 0 radical (unpaired) electrons. The van der Waals surface area contributed by atoms with Gasteiger partial charge in [0.2, 0.25) is 10.0 Å². The van der Waals surface area contributed by atoms with E-state index in [0.29, 0.717) is 42.7 Å². The Bertz CT molecular complexity index is 1160. The summed E-state index contributed by atoms with van der Waals surface area (Å²) in [4.78, 5) is 14.1. The van der Waals surface area contributed by atoms with Gasteiger partial charge in [-0.25, -0.2) is 27.1 Å². The summed E-state index contributed by atoms with van der Waals surface area (Å²) in [6.45, 7) is 0.423. The van der Waals surface area contributed by atoms with Gasteiger partial charge in [0.05, 0.1) is 24.7 Å². The fourth-order valence-corrected chi connectivity index (χ4v) is 4.92. The molecular weight excluding hydrogens is 521 g/mol. The summed E-state index contributed by atoms with van der Waals surface area (Å²) < 4.78 is 79.9. The van der Waals surface area contributed by atoms with Crippen LogP contribution in [0, 0.1) is 17.5 Å². The van der Waals surface area contributed by atoms with Gasteiger partial charge >= 0.3 is 0 Å². The maximum Gasteiger partial charge on any atom is 0.258 e. The first kappa shape index (κ1) is 28.8. The van der Waals surface area contributed by atoms with E-state index in [2.05, 4.69) is 0 Å². The van der Waals surface area contributed by atoms with E-state index in [1.54, 1.807) is 4.90 Å². The molecule has 0 saturated carbocycles. The Labute approximate surface area is 211 Å². The first-order valence-corrected chi connectivity index (χ1v) is 12.5. The summed E-state index contributed by atoms with van der Waals surface area (Å²) in [7, 11) is -3.13. The SMILES string of the molecule is CN(CCN(CC(=O)NO)S(=O)(=O)c1cc(F)c(Oc2ccc(F)cc2)c(F)c1)C(O)N1CCOCC1. The summed E-state index contributed by atoms with van der Waals surface area (Å²) in [6, 6.07) is 5.34. The van der Waals surface area contributed by atoms with Crippen LogP contribution in [0.1, 0.15) is 0 Å². The number of aliphatic hydroxyl groups excluding tert-OH is 1. The molecule has 3 N–H and O–H groups in total. The first-order chi connectivity index (χ1) is 17.5. The molecule has 2 aromatic rings. The van der Waals surface area contributed by atoms with E-state index in [0.717, 1.165) is 24.3 Å². The number of carbonyl (C=O) groups is 1. The van der Waals surface area contributed by atoms with Gasteiger partial charge in [-0.3, -0.25) is 19.8 Å². The summed E-state index contributed by atoms with van der Waals surface area (Å²) in [5.41, 5.74) is 1.32. The summed E-state index contributed by atoms with van der Waals surface area (Å²) in [6.07, 6.45) is -1.07. The van der Waals surface area contributed by atoms with Crippen molar-refractivity contribution in [2.24, 2.45) is 0 Å². The highest BCUT2D eigenvalue weighted by Crippen LogP contribution is 2.31. The third-order valence-electron chi connectivity index (χ3n) is 5.56. The Kier molecular flexibility index (Phi) is 9.83. The monoisotopic (exact) mass is 548 g/mol. The minimum atomic E-state index is -4.66. The Morgan fingerprint density at radius 2 is 1.73 bits per heavy atom. The van der Waals surface area contributed by atoms with E-state index >= 15 is 0 Å². The van der Waals surface area contributed by atoms with Crippen LogP contribution in [0.3, 0.4) is 0 Å². The minimum absolute atomic E-state index is 0.0762. The lowest BCUT2D eigenvalue weighted by atomic mass is 10.3. The maximum absolute atomic E-state index is 14.7. The highest BCUT2D eigenvalue weighted by molar-refractivity contribution is 7.89. The lowest BCUT2D eigenvalue weighted by molar-refractivity contribution is -0.133.